The minimum Gasteiger partial charge on any atom is -0.486 e. The number of hydrogen-bond acceptors (Lipinski definition) is 3. The fourth-order valence-electron chi connectivity index (χ4n) is 1.86. The highest BCUT2D eigenvalue weighted by Gasteiger charge is 2.42. The second-order valence-corrected chi connectivity index (χ2v) is 5.89. The summed E-state index contributed by atoms with van der Waals surface area (Å²) < 4.78 is 29.3. The SMILES string of the molecule is COCCOC1C(Br)CC1Oc1ccc(F)cc1Cl. The molecular formula is C13H15BrClFO3. The lowest BCUT2D eigenvalue weighted by Crippen LogP contribution is -2.52. The fourth-order valence-corrected chi connectivity index (χ4v) is 2.93. The largest absolute Gasteiger partial charge is 0.486 e. The van der Waals surface area contributed by atoms with E-state index in [2.05, 4.69) is 15.9 Å². The number of benzene rings is 1. The minimum atomic E-state index is -0.378. The van der Waals surface area contributed by atoms with Crippen LogP contribution in [0, 0.1) is 5.82 Å². The molecule has 19 heavy (non-hydrogen) atoms. The zero-order valence-corrected chi connectivity index (χ0v) is 12.8. The van der Waals surface area contributed by atoms with Crippen LogP contribution >= 0.6 is 27.5 Å². The molecule has 2 rings (SSSR count). The van der Waals surface area contributed by atoms with Crippen molar-refractivity contribution in [2.24, 2.45) is 0 Å². The maximum absolute atomic E-state index is 12.9. The van der Waals surface area contributed by atoms with Crippen LogP contribution in [0.4, 0.5) is 4.39 Å². The first kappa shape index (κ1) is 15.0. The van der Waals surface area contributed by atoms with Crippen LogP contribution < -0.4 is 4.74 Å². The normalized spacial score (nSPS) is 26.0. The molecule has 106 valence electrons. The molecule has 3 atom stereocenters. The molecule has 0 aromatic heterocycles. The van der Waals surface area contributed by atoms with E-state index in [0.29, 0.717) is 19.0 Å². The Labute approximate surface area is 125 Å². The molecule has 0 bridgehead atoms. The van der Waals surface area contributed by atoms with Crippen LogP contribution in [0.2, 0.25) is 5.02 Å². The van der Waals surface area contributed by atoms with Gasteiger partial charge in [0.1, 0.15) is 23.8 Å². The summed E-state index contributed by atoms with van der Waals surface area (Å²) in [7, 11) is 1.63. The molecule has 1 aliphatic rings. The van der Waals surface area contributed by atoms with Crippen LogP contribution in [0.25, 0.3) is 0 Å². The van der Waals surface area contributed by atoms with Gasteiger partial charge in [0.05, 0.1) is 18.2 Å². The first-order valence-electron chi connectivity index (χ1n) is 5.98. The van der Waals surface area contributed by atoms with Crippen molar-refractivity contribution in [3.8, 4) is 5.75 Å². The molecule has 0 heterocycles. The van der Waals surface area contributed by atoms with E-state index in [4.69, 9.17) is 25.8 Å². The van der Waals surface area contributed by atoms with E-state index in [1.807, 2.05) is 0 Å². The minimum absolute atomic E-state index is 0.0451. The summed E-state index contributed by atoms with van der Waals surface area (Å²) in [6.45, 7) is 1.06. The maximum atomic E-state index is 12.9. The molecule has 3 nitrogen and oxygen atoms in total. The number of alkyl halides is 1. The number of methoxy groups -OCH3 is 1. The molecule has 1 aliphatic carbocycles. The molecule has 3 unspecified atom stereocenters. The predicted octanol–water partition coefficient (Wildman–Crippen LogP) is 3.43. The smallest absolute Gasteiger partial charge is 0.138 e. The fraction of sp³-hybridized carbons (Fsp3) is 0.538. The summed E-state index contributed by atoms with van der Waals surface area (Å²) in [6, 6.07) is 4.10. The number of hydrogen-bond donors (Lipinski definition) is 0. The average molecular weight is 354 g/mol. The summed E-state index contributed by atoms with van der Waals surface area (Å²) in [4.78, 5) is 0.258. The molecule has 1 saturated carbocycles. The van der Waals surface area contributed by atoms with Crippen LogP contribution in [0.15, 0.2) is 18.2 Å². The Bertz CT molecular complexity index is 432. The Kier molecular flexibility index (Phi) is 5.45. The first-order valence-corrected chi connectivity index (χ1v) is 7.27. The second-order valence-electron chi connectivity index (χ2n) is 4.31. The van der Waals surface area contributed by atoms with Gasteiger partial charge in [-0.1, -0.05) is 27.5 Å². The van der Waals surface area contributed by atoms with Gasteiger partial charge < -0.3 is 14.2 Å². The molecular weight excluding hydrogens is 338 g/mol. The summed E-state index contributed by atoms with van der Waals surface area (Å²) >= 11 is 9.45. The lowest BCUT2D eigenvalue weighted by Gasteiger charge is -2.41. The second kappa shape index (κ2) is 6.88. The Morgan fingerprint density at radius 1 is 1.42 bits per heavy atom. The average Bonchev–Trinajstić information content (AvgIpc) is 2.37. The summed E-state index contributed by atoms with van der Waals surface area (Å²) in [6.07, 6.45) is 0.700. The van der Waals surface area contributed by atoms with Gasteiger partial charge in [0, 0.05) is 18.4 Å². The van der Waals surface area contributed by atoms with Crippen molar-refractivity contribution < 1.29 is 18.6 Å². The van der Waals surface area contributed by atoms with Crippen molar-refractivity contribution in [1.29, 1.82) is 0 Å². The third-order valence-electron chi connectivity index (χ3n) is 2.95. The molecule has 0 aliphatic heterocycles. The monoisotopic (exact) mass is 352 g/mol. The molecule has 6 heteroatoms. The summed E-state index contributed by atoms with van der Waals surface area (Å²) in [5.74, 6) is 0.102. The third kappa shape index (κ3) is 3.81. The van der Waals surface area contributed by atoms with Crippen LogP contribution in [0.5, 0.6) is 5.75 Å². The number of rotatable bonds is 6. The molecule has 0 radical (unpaired) electrons. The van der Waals surface area contributed by atoms with Crippen LogP contribution in [0.1, 0.15) is 6.42 Å². The van der Waals surface area contributed by atoms with Gasteiger partial charge in [0.2, 0.25) is 0 Å². The van der Waals surface area contributed by atoms with E-state index >= 15 is 0 Å². The van der Waals surface area contributed by atoms with Crippen molar-refractivity contribution in [2.45, 2.75) is 23.5 Å². The van der Waals surface area contributed by atoms with Gasteiger partial charge >= 0.3 is 0 Å². The summed E-state index contributed by atoms with van der Waals surface area (Å²) in [5, 5.41) is 0.272. The highest BCUT2D eigenvalue weighted by molar-refractivity contribution is 9.09. The Balaban J connectivity index is 1.91. The van der Waals surface area contributed by atoms with Crippen LogP contribution in [-0.4, -0.2) is 37.4 Å². The van der Waals surface area contributed by atoms with Gasteiger partial charge in [-0.3, -0.25) is 0 Å². The Morgan fingerprint density at radius 3 is 2.84 bits per heavy atom. The van der Waals surface area contributed by atoms with Gasteiger partial charge in [0.25, 0.3) is 0 Å². The Morgan fingerprint density at radius 2 is 2.21 bits per heavy atom. The van der Waals surface area contributed by atoms with E-state index in [1.54, 1.807) is 7.11 Å². The molecule has 0 amide bonds. The molecule has 0 saturated heterocycles. The standard InChI is InChI=1S/C13H15BrClFO3/c1-17-4-5-18-13-9(14)7-12(13)19-11-3-2-8(16)6-10(11)15/h2-3,6,9,12-13H,4-5,7H2,1H3. The van der Waals surface area contributed by atoms with Crippen molar-refractivity contribution in [3.05, 3.63) is 29.0 Å². The van der Waals surface area contributed by atoms with Gasteiger partial charge in [0.15, 0.2) is 0 Å². The molecule has 1 aromatic rings. The first-order chi connectivity index (χ1) is 9.11. The van der Waals surface area contributed by atoms with Crippen molar-refractivity contribution in [3.63, 3.8) is 0 Å². The predicted molar refractivity (Wildman–Crippen MR) is 74.8 cm³/mol. The molecule has 1 fully saturated rings. The van der Waals surface area contributed by atoms with Gasteiger partial charge in [-0.25, -0.2) is 4.39 Å². The number of ether oxygens (including phenoxy) is 3. The van der Waals surface area contributed by atoms with Crippen LogP contribution in [-0.2, 0) is 9.47 Å². The quantitative estimate of drug-likeness (QED) is 0.579. The van der Waals surface area contributed by atoms with Gasteiger partial charge in [-0.15, -0.1) is 0 Å². The topological polar surface area (TPSA) is 27.7 Å². The van der Waals surface area contributed by atoms with E-state index in [1.165, 1.54) is 18.2 Å². The molecule has 0 N–H and O–H groups in total. The van der Waals surface area contributed by atoms with Gasteiger partial charge in [-0.2, -0.15) is 0 Å². The number of halogens is 3. The van der Waals surface area contributed by atoms with E-state index in [0.717, 1.165) is 6.42 Å². The summed E-state index contributed by atoms with van der Waals surface area (Å²) in [5.41, 5.74) is 0. The van der Waals surface area contributed by atoms with Crippen molar-refractivity contribution in [2.75, 3.05) is 20.3 Å². The van der Waals surface area contributed by atoms with Crippen LogP contribution in [0.3, 0.4) is 0 Å². The zero-order chi connectivity index (χ0) is 13.8. The molecule has 1 aromatic carbocycles. The third-order valence-corrected chi connectivity index (χ3v) is 4.14. The van der Waals surface area contributed by atoms with E-state index in [9.17, 15) is 4.39 Å². The lowest BCUT2D eigenvalue weighted by atomic mass is 9.91. The highest BCUT2D eigenvalue weighted by atomic mass is 79.9. The zero-order valence-electron chi connectivity index (χ0n) is 10.4. The van der Waals surface area contributed by atoms with Crippen molar-refractivity contribution in [1.82, 2.24) is 0 Å². The lowest BCUT2D eigenvalue weighted by molar-refractivity contribution is -0.0865. The van der Waals surface area contributed by atoms with E-state index < -0.39 is 0 Å². The maximum Gasteiger partial charge on any atom is 0.138 e. The molecule has 0 spiro atoms. The van der Waals surface area contributed by atoms with Crippen molar-refractivity contribution >= 4 is 27.5 Å². The highest BCUT2D eigenvalue weighted by Crippen LogP contribution is 2.36. The Hall–Kier alpha value is -0.360. The van der Waals surface area contributed by atoms with Gasteiger partial charge in [-0.05, 0) is 18.2 Å². The van der Waals surface area contributed by atoms with E-state index in [-0.39, 0.29) is 27.9 Å².